The molecule has 0 aliphatic heterocycles. The van der Waals surface area contributed by atoms with Gasteiger partial charge in [0.15, 0.2) is 6.10 Å². The number of ether oxygens (including phenoxy) is 2. The number of carboxylic acid groups (broad SMARTS) is 1. The molecule has 1 N–H and O–H groups in total. The molecule has 0 fully saturated rings. The van der Waals surface area contributed by atoms with Gasteiger partial charge in [0, 0.05) is 11.4 Å². The van der Waals surface area contributed by atoms with Crippen LogP contribution in [-0.4, -0.2) is 23.8 Å². The van der Waals surface area contributed by atoms with E-state index in [1.807, 2.05) is 31.2 Å². The van der Waals surface area contributed by atoms with Crippen LogP contribution in [0.5, 0.6) is 11.5 Å². The largest absolute Gasteiger partial charge is 0.494 e. The van der Waals surface area contributed by atoms with Crippen LogP contribution in [0.25, 0.3) is 0 Å². The number of hydrogen-bond acceptors (Lipinski definition) is 3. The second kappa shape index (κ2) is 7.71. The summed E-state index contributed by atoms with van der Waals surface area (Å²) in [6.45, 7) is 2.50. The maximum Gasteiger partial charge on any atom is 0.345 e. The standard InChI is InChI=1S/C17H17ClO4/c1-2-21-14-8-6-12(7-9-14)10-16(17(19)20)22-15-5-3-4-13(18)11-15/h3-9,11,16H,2,10H2,1H3,(H,19,20). The van der Waals surface area contributed by atoms with Gasteiger partial charge in [0.2, 0.25) is 0 Å². The molecule has 0 saturated carbocycles. The molecule has 0 radical (unpaired) electrons. The average molecular weight is 321 g/mol. The van der Waals surface area contributed by atoms with Gasteiger partial charge in [0.25, 0.3) is 0 Å². The van der Waals surface area contributed by atoms with Gasteiger partial charge in [-0.3, -0.25) is 0 Å². The van der Waals surface area contributed by atoms with Gasteiger partial charge in [-0.1, -0.05) is 29.8 Å². The summed E-state index contributed by atoms with van der Waals surface area (Å²) in [5.41, 5.74) is 0.859. The van der Waals surface area contributed by atoms with Gasteiger partial charge >= 0.3 is 5.97 Å². The Labute approximate surface area is 134 Å². The molecule has 0 aliphatic rings. The van der Waals surface area contributed by atoms with E-state index in [0.717, 1.165) is 11.3 Å². The van der Waals surface area contributed by atoms with Crippen molar-refractivity contribution >= 4 is 17.6 Å². The van der Waals surface area contributed by atoms with E-state index in [0.29, 0.717) is 17.4 Å². The normalized spacial score (nSPS) is 11.7. The minimum Gasteiger partial charge on any atom is -0.494 e. The quantitative estimate of drug-likeness (QED) is 0.842. The first-order chi connectivity index (χ1) is 10.6. The first-order valence-corrected chi connectivity index (χ1v) is 7.33. The van der Waals surface area contributed by atoms with Crippen LogP contribution in [-0.2, 0) is 11.2 Å². The number of rotatable bonds is 7. The molecular formula is C17H17ClO4. The lowest BCUT2D eigenvalue weighted by Gasteiger charge is -2.15. The van der Waals surface area contributed by atoms with Crippen LogP contribution >= 0.6 is 11.6 Å². The van der Waals surface area contributed by atoms with Gasteiger partial charge in [-0.15, -0.1) is 0 Å². The highest BCUT2D eigenvalue weighted by Crippen LogP contribution is 2.20. The van der Waals surface area contributed by atoms with E-state index in [1.165, 1.54) is 0 Å². The molecule has 0 aliphatic carbocycles. The summed E-state index contributed by atoms with van der Waals surface area (Å²) < 4.78 is 10.9. The van der Waals surface area contributed by atoms with Crippen molar-refractivity contribution in [3.05, 3.63) is 59.1 Å². The zero-order chi connectivity index (χ0) is 15.9. The predicted octanol–water partition coefficient (Wildman–Crippen LogP) is 3.81. The van der Waals surface area contributed by atoms with Crippen molar-refractivity contribution in [2.24, 2.45) is 0 Å². The zero-order valence-corrected chi connectivity index (χ0v) is 12.9. The molecule has 0 heterocycles. The van der Waals surface area contributed by atoms with Gasteiger partial charge in [0.05, 0.1) is 6.61 Å². The van der Waals surface area contributed by atoms with Crippen molar-refractivity contribution in [3.8, 4) is 11.5 Å². The lowest BCUT2D eigenvalue weighted by atomic mass is 10.1. The minimum absolute atomic E-state index is 0.258. The van der Waals surface area contributed by atoms with Crippen LogP contribution in [0.4, 0.5) is 0 Å². The predicted molar refractivity (Wildman–Crippen MR) is 84.8 cm³/mol. The highest BCUT2D eigenvalue weighted by Gasteiger charge is 2.20. The van der Waals surface area contributed by atoms with E-state index in [1.54, 1.807) is 24.3 Å². The molecule has 0 amide bonds. The summed E-state index contributed by atoms with van der Waals surface area (Å²) >= 11 is 5.87. The van der Waals surface area contributed by atoms with Crippen molar-refractivity contribution < 1.29 is 19.4 Å². The monoisotopic (exact) mass is 320 g/mol. The number of carbonyl (C=O) groups is 1. The Morgan fingerprint density at radius 2 is 1.91 bits per heavy atom. The van der Waals surface area contributed by atoms with Crippen LogP contribution in [0.2, 0.25) is 5.02 Å². The highest BCUT2D eigenvalue weighted by molar-refractivity contribution is 6.30. The minimum atomic E-state index is -1.02. The van der Waals surface area contributed by atoms with Crippen molar-refractivity contribution in [1.82, 2.24) is 0 Å². The maximum atomic E-state index is 11.4. The van der Waals surface area contributed by atoms with Crippen LogP contribution in [0, 0.1) is 0 Å². The summed E-state index contributed by atoms with van der Waals surface area (Å²) in [4.78, 5) is 11.4. The van der Waals surface area contributed by atoms with Gasteiger partial charge < -0.3 is 14.6 Å². The summed E-state index contributed by atoms with van der Waals surface area (Å²) in [6.07, 6.45) is -0.717. The number of halogens is 1. The summed E-state index contributed by atoms with van der Waals surface area (Å²) in [6, 6.07) is 14.0. The maximum absolute atomic E-state index is 11.4. The summed E-state index contributed by atoms with van der Waals surface area (Å²) in [5.74, 6) is 0.175. The first kappa shape index (κ1) is 16.2. The average Bonchev–Trinajstić information content (AvgIpc) is 2.49. The van der Waals surface area contributed by atoms with Crippen LogP contribution < -0.4 is 9.47 Å². The van der Waals surface area contributed by atoms with E-state index >= 15 is 0 Å². The molecule has 2 aromatic rings. The number of carboxylic acids is 1. The molecule has 0 bridgehead atoms. The molecule has 116 valence electrons. The Morgan fingerprint density at radius 3 is 2.50 bits per heavy atom. The van der Waals surface area contributed by atoms with E-state index in [9.17, 15) is 9.90 Å². The van der Waals surface area contributed by atoms with Crippen molar-refractivity contribution in [3.63, 3.8) is 0 Å². The molecule has 5 heteroatoms. The fraction of sp³-hybridized carbons (Fsp3) is 0.235. The summed E-state index contributed by atoms with van der Waals surface area (Å²) in [7, 11) is 0. The second-order valence-electron chi connectivity index (χ2n) is 4.68. The zero-order valence-electron chi connectivity index (χ0n) is 12.2. The fourth-order valence-electron chi connectivity index (χ4n) is 1.99. The molecule has 0 saturated heterocycles. The van der Waals surface area contributed by atoms with Gasteiger partial charge in [-0.25, -0.2) is 4.79 Å². The van der Waals surface area contributed by atoms with E-state index < -0.39 is 12.1 Å². The lowest BCUT2D eigenvalue weighted by Crippen LogP contribution is -2.29. The smallest absolute Gasteiger partial charge is 0.345 e. The molecule has 4 nitrogen and oxygen atoms in total. The molecular weight excluding hydrogens is 304 g/mol. The third-order valence-electron chi connectivity index (χ3n) is 3.01. The van der Waals surface area contributed by atoms with Gasteiger partial charge in [-0.05, 0) is 42.8 Å². The fourth-order valence-corrected chi connectivity index (χ4v) is 2.17. The number of benzene rings is 2. The van der Waals surface area contributed by atoms with E-state index in [-0.39, 0.29) is 6.42 Å². The molecule has 0 spiro atoms. The Balaban J connectivity index is 2.07. The molecule has 2 aromatic carbocycles. The SMILES string of the molecule is CCOc1ccc(CC(Oc2cccc(Cl)c2)C(=O)O)cc1. The molecule has 1 unspecified atom stereocenters. The van der Waals surface area contributed by atoms with Crippen molar-refractivity contribution in [2.75, 3.05) is 6.61 Å². The number of hydrogen-bond donors (Lipinski definition) is 1. The second-order valence-corrected chi connectivity index (χ2v) is 5.12. The lowest BCUT2D eigenvalue weighted by molar-refractivity contribution is -0.145. The number of aliphatic carboxylic acids is 1. The van der Waals surface area contributed by atoms with Crippen LogP contribution in [0.1, 0.15) is 12.5 Å². The Bertz CT molecular complexity index is 625. The Morgan fingerprint density at radius 1 is 1.18 bits per heavy atom. The Hall–Kier alpha value is -2.20. The van der Waals surface area contributed by atoms with Crippen molar-refractivity contribution in [2.45, 2.75) is 19.4 Å². The van der Waals surface area contributed by atoms with Crippen LogP contribution in [0.15, 0.2) is 48.5 Å². The first-order valence-electron chi connectivity index (χ1n) is 6.95. The third-order valence-corrected chi connectivity index (χ3v) is 3.24. The highest BCUT2D eigenvalue weighted by atomic mass is 35.5. The topological polar surface area (TPSA) is 55.8 Å². The summed E-state index contributed by atoms with van der Waals surface area (Å²) in [5, 5.41) is 9.82. The van der Waals surface area contributed by atoms with Crippen LogP contribution in [0.3, 0.4) is 0 Å². The molecule has 0 aromatic heterocycles. The molecule has 22 heavy (non-hydrogen) atoms. The Kier molecular flexibility index (Phi) is 5.67. The molecule has 2 rings (SSSR count). The van der Waals surface area contributed by atoms with Gasteiger partial charge in [0.1, 0.15) is 11.5 Å². The third kappa shape index (κ3) is 4.67. The molecule has 1 atom stereocenters. The van der Waals surface area contributed by atoms with E-state index in [2.05, 4.69) is 0 Å². The van der Waals surface area contributed by atoms with E-state index in [4.69, 9.17) is 21.1 Å². The van der Waals surface area contributed by atoms with Crippen molar-refractivity contribution in [1.29, 1.82) is 0 Å². The van der Waals surface area contributed by atoms with Gasteiger partial charge in [-0.2, -0.15) is 0 Å².